The molecule has 0 spiro atoms. The third kappa shape index (κ3) is 3.01. The highest BCUT2D eigenvalue weighted by Gasteiger charge is 2.25. The fraction of sp³-hybridized carbons (Fsp3) is 0.562. The van der Waals surface area contributed by atoms with Crippen molar-refractivity contribution in [3.63, 3.8) is 0 Å². The van der Waals surface area contributed by atoms with Crippen LogP contribution in [0.3, 0.4) is 0 Å². The highest BCUT2D eigenvalue weighted by molar-refractivity contribution is 5.45. The molecule has 0 radical (unpaired) electrons. The molecule has 1 fully saturated rings. The Morgan fingerprint density at radius 1 is 1.11 bits per heavy atom. The number of hydrogen-bond donors (Lipinski definition) is 0. The minimum atomic E-state index is -0.0277. The van der Waals surface area contributed by atoms with Crippen molar-refractivity contribution in [1.29, 1.82) is 5.26 Å². The summed E-state index contributed by atoms with van der Waals surface area (Å²) in [5.41, 5.74) is 1.05. The maximum atomic E-state index is 9.50. The molecule has 1 saturated carbocycles. The van der Waals surface area contributed by atoms with Gasteiger partial charge in [-0.2, -0.15) is 5.26 Å². The first-order valence-corrected chi connectivity index (χ1v) is 6.91. The third-order valence-electron chi connectivity index (χ3n) is 4.03. The minimum absolute atomic E-state index is 0.0277. The number of ether oxygens (including phenoxy) is 2. The van der Waals surface area contributed by atoms with Crippen LogP contribution in [0.15, 0.2) is 18.2 Å². The van der Waals surface area contributed by atoms with Gasteiger partial charge in [-0.25, -0.2) is 0 Å². The first-order valence-electron chi connectivity index (χ1n) is 6.91. The van der Waals surface area contributed by atoms with E-state index in [0.29, 0.717) is 17.4 Å². The Bertz CT molecular complexity index is 458. The Balaban J connectivity index is 2.25. The summed E-state index contributed by atoms with van der Waals surface area (Å²) in [4.78, 5) is 0. The van der Waals surface area contributed by atoms with E-state index in [2.05, 4.69) is 6.07 Å². The minimum Gasteiger partial charge on any atom is -0.493 e. The van der Waals surface area contributed by atoms with Crippen LogP contribution < -0.4 is 9.47 Å². The average Bonchev–Trinajstić information content (AvgIpc) is 2.49. The van der Waals surface area contributed by atoms with Crippen LogP contribution in [0.4, 0.5) is 0 Å². The van der Waals surface area contributed by atoms with E-state index in [1.165, 1.54) is 19.3 Å². The number of nitriles is 1. The average molecular weight is 259 g/mol. The monoisotopic (exact) mass is 259 g/mol. The number of rotatable bonds is 4. The predicted octanol–water partition coefficient (Wildman–Crippen LogP) is 3.89. The van der Waals surface area contributed by atoms with Crippen molar-refractivity contribution in [2.24, 2.45) is 5.92 Å². The van der Waals surface area contributed by atoms with Crippen LogP contribution >= 0.6 is 0 Å². The zero-order valence-corrected chi connectivity index (χ0v) is 11.7. The largest absolute Gasteiger partial charge is 0.493 e. The van der Waals surface area contributed by atoms with Crippen LogP contribution in [0.5, 0.6) is 11.5 Å². The third-order valence-corrected chi connectivity index (χ3v) is 4.03. The second-order valence-electron chi connectivity index (χ2n) is 5.12. The molecular formula is C16H21NO2. The fourth-order valence-corrected chi connectivity index (χ4v) is 2.97. The molecule has 1 aromatic carbocycles. The molecule has 1 aromatic rings. The lowest BCUT2D eigenvalue weighted by molar-refractivity contribution is 0.332. The summed E-state index contributed by atoms with van der Waals surface area (Å²) in [7, 11) is 3.25. The van der Waals surface area contributed by atoms with Gasteiger partial charge >= 0.3 is 0 Å². The first-order chi connectivity index (χ1) is 9.30. The summed E-state index contributed by atoms with van der Waals surface area (Å²) in [5, 5.41) is 9.50. The van der Waals surface area contributed by atoms with Crippen LogP contribution in [-0.4, -0.2) is 14.2 Å². The van der Waals surface area contributed by atoms with Crippen LogP contribution in [0, 0.1) is 17.2 Å². The molecule has 102 valence electrons. The highest BCUT2D eigenvalue weighted by atomic mass is 16.5. The molecule has 1 aliphatic rings. The van der Waals surface area contributed by atoms with Gasteiger partial charge in [0, 0.05) is 0 Å². The second-order valence-corrected chi connectivity index (χ2v) is 5.12. The van der Waals surface area contributed by atoms with E-state index in [0.717, 1.165) is 18.4 Å². The Labute approximate surface area is 115 Å². The van der Waals surface area contributed by atoms with E-state index in [4.69, 9.17) is 9.47 Å². The Morgan fingerprint density at radius 3 is 2.37 bits per heavy atom. The van der Waals surface area contributed by atoms with Crippen molar-refractivity contribution in [1.82, 2.24) is 0 Å². The smallest absolute Gasteiger partial charge is 0.161 e. The van der Waals surface area contributed by atoms with E-state index >= 15 is 0 Å². The van der Waals surface area contributed by atoms with Crippen LogP contribution in [0.25, 0.3) is 0 Å². The zero-order chi connectivity index (χ0) is 13.7. The van der Waals surface area contributed by atoms with Gasteiger partial charge < -0.3 is 9.47 Å². The van der Waals surface area contributed by atoms with Crippen molar-refractivity contribution in [3.05, 3.63) is 23.8 Å². The van der Waals surface area contributed by atoms with E-state index in [9.17, 15) is 5.26 Å². The molecule has 3 nitrogen and oxygen atoms in total. The number of benzene rings is 1. The SMILES string of the molecule is COc1ccc([C@H](C#N)C2CCCCC2)cc1OC. The molecular weight excluding hydrogens is 238 g/mol. The quantitative estimate of drug-likeness (QED) is 0.823. The fourth-order valence-electron chi connectivity index (χ4n) is 2.97. The predicted molar refractivity (Wildman–Crippen MR) is 74.5 cm³/mol. The number of nitrogens with zero attached hydrogens (tertiary/aromatic N) is 1. The van der Waals surface area contributed by atoms with Crippen molar-refractivity contribution >= 4 is 0 Å². The van der Waals surface area contributed by atoms with Crippen LogP contribution in [0.1, 0.15) is 43.6 Å². The van der Waals surface area contributed by atoms with Gasteiger partial charge in [-0.3, -0.25) is 0 Å². The molecule has 0 aliphatic heterocycles. The van der Waals surface area contributed by atoms with E-state index < -0.39 is 0 Å². The summed E-state index contributed by atoms with van der Waals surface area (Å²) in [6.45, 7) is 0. The van der Waals surface area contributed by atoms with Gasteiger partial charge in [-0.05, 0) is 36.5 Å². The van der Waals surface area contributed by atoms with Gasteiger partial charge in [0.2, 0.25) is 0 Å². The molecule has 0 heterocycles. The molecule has 0 unspecified atom stereocenters. The van der Waals surface area contributed by atoms with Gasteiger partial charge in [-0.15, -0.1) is 0 Å². The van der Waals surface area contributed by atoms with Crippen molar-refractivity contribution in [2.45, 2.75) is 38.0 Å². The molecule has 0 aromatic heterocycles. The van der Waals surface area contributed by atoms with Gasteiger partial charge in [-0.1, -0.05) is 25.3 Å². The molecule has 19 heavy (non-hydrogen) atoms. The van der Waals surface area contributed by atoms with E-state index in [1.807, 2.05) is 18.2 Å². The summed E-state index contributed by atoms with van der Waals surface area (Å²) in [6, 6.07) is 8.31. The van der Waals surface area contributed by atoms with Crippen LogP contribution in [0.2, 0.25) is 0 Å². The lowest BCUT2D eigenvalue weighted by Gasteiger charge is -2.26. The molecule has 0 N–H and O–H groups in total. The van der Waals surface area contributed by atoms with Crippen molar-refractivity contribution in [2.75, 3.05) is 14.2 Å². The summed E-state index contributed by atoms with van der Waals surface area (Å²) >= 11 is 0. The van der Waals surface area contributed by atoms with Crippen molar-refractivity contribution < 1.29 is 9.47 Å². The van der Waals surface area contributed by atoms with E-state index in [1.54, 1.807) is 14.2 Å². The Hall–Kier alpha value is -1.69. The molecule has 3 heteroatoms. The number of methoxy groups -OCH3 is 2. The van der Waals surface area contributed by atoms with Gasteiger partial charge in [0.15, 0.2) is 11.5 Å². The zero-order valence-electron chi connectivity index (χ0n) is 11.7. The maximum absolute atomic E-state index is 9.50. The lowest BCUT2D eigenvalue weighted by Crippen LogP contribution is -2.15. The molecule has 0 bridgehead atoms. The molecule has 2 rings (SSSR count). The molecule has 0 saturated heterocycles. The second kappa shape index (κ2) is 6.47. The normalized spacial score (nSPS) is 17.5. The Kier molecular flexibility index (Phi) is 4.68. The van der Waals surface area contributed by atoms with Gasteiger partial charge in [0.25, 0.3) is 0 Å². The Morgan fingerprint density at radius 2 is 1.79 bits per heavy atom. The topological polar surface area (TPSA) is 42.2 Å². The van der Waals surface area contributed by atoms with Crippen molar-refractivity contribution in [3.8, 4) is 17.6 Å². The van der Waals surface area contributed by atoms with Crippen LogP contribution in [-0.2, 0) is 0 Å². The summed E-state index contributed by atoms with van der Waals surface area (Å²) in [6.07, 6.45) is 6.12. The summed E-state index contributed by atoms with van der Waals surface area (Å²) in [5.74, 6) is 1.87. The molecule has 1 aliphatic carbocycles. The molecule has 1 atom stereocenters. The van der Waals surface area contributed by atoms with Gasteiger partial charge in [0.05, 0.1) is 26.2 Å². The molecule has 0 amide bonds. The maximum Gasteiger partial charge on any atom is 0.161 e. The van der Waals surface area contributed by atoms with Gasteiger partial charge in [0.1, 0.15) is 0 Å². The number of hydrogen-bond acceptors (Lipinski definition) is 3. The first kappa shape index (κ1) is 13.7. The lowest BCUT2D eigenvalue weighted by atomic mass is 9.77. The standard InChI is InChI=1S/C16H21NO2/c1-18-15-9-8-13(10-16(15)19-2)14(11-17)12-6-4-3-5-7-12/h8-10,12,14H,3-7H2,1-2H3/t14-/m1/s1. The van der Waals surface area contributed by atoms with E-state index in [-0.39, 0.29) is 5.92 Å². The summed E-state index contributed by atoms with van der Waals surface area (Å²) < 4.78 is 10.6. The highest BCUT2D eigenvalue weighted by Crippen LogP contribution is 2.38.